The Morgan fingerprint density at radius 1 is 1.16 bits per heavy atom. The molecule has 3 N–H and O–H groups in total. The summed E-state index contributed by atoms with van der Waals surface area (Å²) in [6.07, 6.45) is 8.96. The number of nitrogens with two attached hydrogens (primary N) is 1. The molecular formula is C16H28N2O. The van der Waals surface area contributed by atoms with Crippen molar-refractivity contribution in [2.24, 2.45) is 35.3 Å². The van der Waals surface area contributed by atoms with E-state index >= 15 is 0 Å². The summed E-state index contributed by atoms with van der Waals surface area (Å²) in [5.74, 6) is 3.00. The molecule has 19 heavy (non-hydrogen) atoms. The van der Waals surface area contributed by atoms with Gasteiger partial charge in [0.15, 0.2) is 0 Å². The highest BCUT2D eigenvalue weighted by molar-refractivity contribution is 5.80. The first-order valence-electron chi connectivity index (χ1n) is 8.20. The lowest BCUT2D eigenvalue weighted by molar-refractivity contribution is -0.127. The molecule has 0 aromatic rings. The summed E-state index contributed by atoms with van der Waals surface area (Å²) in [7, 11) is 0. The molecular weight excluding hydrogens is 236 g/mol. The third-order valence-corrected chi connectivity index (χ3v) is 6.11. The lowest BCUT2D eigenvalue weighted by Crippen LogP contribution is -2.46. The van der Waals surface area contributed by atoms with Gasteiger partial charge in [0.1, 0.15) is 0 Å². The van der Waals surface area contributed by atoms with Gasteiger partial charge in [-0.1, -0.05) is 26.2 Å². The lowest BCUT2D eigenvalue weighted by Gasteiger charge is -2.31. The van der Waals surface area contributed by atoms with E-state index in [-0.39, 0.29) is 17.9 Å². The van der Waals surface area contributed by atoms with Crippen LogP contribution >= 0.6 is 0 Å². The molecule has 0 radical (unpaired) electrons. The molecule has 3 fully saturated rings. The molecule has 6 atom stereocenters. The van der Waals surface area contributed by atoms with Crippen molar-refractivity contribution in [1.82, 2.24) is 5.32 Å². The summed E-state index contributed by atoms with van der Waals surface area (Å²) < 4.78 is 0. The number of carbonyl (C=O) groups is 1. The predicted octanol–water partition coefficient (Wildman–Crippen LogP) is 2.30. The van der Waals surface area contributed by atoms with Crippen LogP contribution in [0.3, 0.4) is 0 Å². The Balaban J connectivity index is 1.51. The van der Waals surface area contributed by atoms with Crippen LogP contribution in [-0.4, -0.2) is 18.5 Å². The van der Waals surface area contributed by atoms with Gasteiger partial charge < -0.3 is 11.1 Å². The van der Waals surface area contributed by atoms with Gasteiger partial charge in [-0.2, -0.15) is 0 Å². The highest BCUT2D eigenvalue weighted by Crippen LogP contribution is 2.47. The number of fused-ring (bicyclic) bond motifs is 2. The second-order valence-corrected chi connectivity index (χ2v) is 7.20. The molecule has 2 bridgehead atoms. The molecule has 3 aliphatic rings. The van der Waals surface area contributed by atoms with Gasteiger partial charge in [-0.3, -0.25) is 4.79 Å². The van der Waals surface area contributed by atoms with Crippen LogP contribution < -0.4 is 11.1 Å². The molecule has 3 saturated carbocycles. The third kappa shape index (κ3) is 2.54. The van der Waals surface area contributed by atoms with Gasteiger partial charge in [0.25, 0.3) is 0 Å². The number of hydrogen-bond acceptors (Lipinski definition) is 2. The van der Waals surface area contributed by atoms with Gasteiger partial charge in [0.05, 0.1) is 5.92 Å². The zero-order valence-electron chi connectivity index (χ0n) is 12.1. The van der Waals surface area contributed by atoms with Gasteiger partial charge in [0, 0.05) is 12.6 Å². The van der Waals surface area contributed by atoms with Crippen molar-refractivity contribution in [2.75, 3.05) is 6.54 Å². The fourth-order valence-corrected chi connectivity index (χ4v) is 4.77. The highest BCUT2D eigenvalue weighted by Gasteiger charge is 2.49. The molecule has 3 heteroatoms. The number of carbonyl (C=O) groups excluding carboxylic acids is 1. The Bertz CT molecular complexity index is 342. The third-order valence-electron chi connectivity index (χ3n) is 6.11. The minimum absolute atomic E-state index is 0.109. The first kappa shape index (κ1) is 13.4. The molecule has 1 amide bonds. The molecule has 108 valence electrons. The monoisotopic (exact) mass is 264 g/mol. The summed E-state index contributed by atoms with van der Waals surface area (Å²) in [5.41, 5.74) is 6.24. The highest BCUT2D eigenvalue weighted by atomic mass is 16.1. The maximum atomic E-state index is 12.4. The van der Waals surface area contributed by atoms with E-state index in [1.165, 1.54) is 44.9 Å². The Labute approximate surface area is 116 Å². The lowest BCUT2D eigenvalue weighted by atomic mass is 9.80. The van der Waals surface area contributed by atoms with E-state index in [0.717, 1.165) is 12.5 Å². The van der Waals surface area contributed by atoms with Crippen LogP contribution in [0.5, 0.6) is 0 Å². The van der Waals surface area contributed by atoms with Crippen molar-refractivity contribution in [1.29, 1.82) is 0 Å². The molecule has 0 saturated heterocycles. The zero-order valence-corrected chi connectivity index (χ0v) is 12.1. The Morgan fingerprint density at radius 2 is 1.89 bits per heavy atom. The largest absolute Gasteiger partial charge is 0.356 e. The van der Waals surface area contributed by atoms with Crippen molar-refractivity contribution in [3.63, 3.8) is 0 Å². The maximum absolute atomic E-state index is 12.4. The first-order chi connectivity index (χ1) is 9.16. The number of nitrogens with one attached hydrogen (secondary N) is 1. The van der Waals surface area contributed by atoms with Crippen molar-refractivity contribution in [3.8, 4) is 0 Å². The van der Waals surface area contributed by atoms with E-state index < -0.39 is 0 Å². The molecule has 0 heterocycles. The molecule has 0 aromatic carbocycles. The summed E-state index contributed by atoms with van der Waals surface area (Å²) in [6, 6.07) is 0.127. The van der Waals surface area contributed by atoms with Crippen LogP contribution in [0.15, 0.2) is 0 Å². The van der Waals surface area contributed by atoms with E-state index in [1.54, 1.807) is 0 Å². The van der Waals surface area contributed by atoms with Crippen molar-refractivity contribution in [3.05, 3.63) is 0 Å². The average Bonchev–Trinajstić information content (AvgIpc) is 2.98. The summed E-state index contributed by atoms with van der Waals surface area (Å²) in [6.45, 7) is 3.21. The van der Waals surface area contributed by atoms with Gasteiger partial charge >= 0.3 is 0 Å². The van der Waals surface area contributed by atoms with Crippen molar-refractivity contribution >= 4 is 5.91 Å². The Morgan fingerprint density at radius 3 is 2.58 bits per heavy atom. The van der Waals surface area contributed by atoms with E-state index in [0.29, 0.717) is 17.8 Å². The van der Waals surface area contributed by atoms with Gasteiger partial charge in [-0.25, -0.2) is 0 Å². The van der Waals surface area contributed by atoms with Gasteiger partial charge in [-0.05, 0) is 49.4 Å². The molecule has 0 aromatic heterocycles. The van der Waals surface area contributed by atoms with Crippen LogP contribution in [0.25, 0.3) is 0 Å². The predicted molar refractivity (Wildman–Crippen MR) is 76.4 cm³/mol. The summed E-state index contributed by atoms with van der Waals surface area (Å²) in [5, 5.41) is 3.22. The second kappa shape index (κ2) is 5.43. The minimum atomic E-state index is 0.109. The first-order valence-corrected chi connectivity index (χ1v) is 8.20. The van der Waals surface area contributed by atoms with Crippen LogP contribution in [0.4, 0.5) is 0 Å². The summed E-state index contributed by atoms with van der Waals surface area (Å²) in [4.78, 5) is 12.4. The quantitative estimate of drug-likeness (QED) is 0.822. The molecule has 3 nitrogen and oxygen atoms in total. The van der Waals surface area contributed by atoms with Crippen molar-refractivity contribution in [2.45, 2.75) is 57.9 Å². The molecule has 0 unspecified atom stereocenters. The smallest absolute Gasteiger partial charge is 0.224 e. The fraction of sp³-hybridized carbons (Fsp3) is 0.938. The van der Waals surface area contributed by atoms with E-state index in [1.807, 2.05) is 0 Å². The van der Waals surface area contributed by atoms with Gasteiger partial charge in [0.2, 0.25) is 5.91 Å². The molecule has 3 rings (SSSR count). The minimum Gasteiger partial charge on any atom is -0.356 e. The molecule has 0 aliphatic heterocycles. The van der Waals surface area contributed by atoms with Crippen LogP contribution in [0.1, 0.15) is 51.9 Å². The number of rotatable bonds is 3. The van der Waals surface area contributed by atoms with E-state index in [4.69, 9.17) is 5.73 Å². The molecule has 3 aliphatic carbocycles. The average molecular weight is 264 g/mol. The SMILES string of the molecule is C[C@@H]1CCCC[C@@H]1CNC(=O)[C@H]1[C@H]2CC[C@@H](C2)[C@H]1N. The number of amides is 1. The zero-order chi connectivity index (χ0) is 13.4. The maximum Gasteiger partial charge on any atom is 0.224 e. The Hall–Kier alpha value is -0.570. The van der Waals surface area contributed by atoms with Gasteiger partial charge in [-0.15, -0.1) is 0 Å². The topological polar surface area (TPSA) is 55.1 Å². The summed E-state index contributed by atoms with van der Waals surface area (Å²) >= 11 is 0. The second-order valence-electron chi connectivity index (χ2n) is 7.20. The number of hydrogen-bond donors (Lipinski definition) is 2. The fourth-order valence-electron chi connectivity index (χ4n) is 4.77. The van der Waals surface area contributed by atoms with E-state index in [9.17, 15) is 4.79 Å². The normalized spacial score (nSPS) is 45.4. The Kier molecular flexibility index (Phi) is 3.84. The van der Waals surface area contributed by atoms with E-state index in [2.05, 4.69) is 12.2 Å². The van der Waals surface area contributed by atoms with Crippen LogP contribution in [0, 0.1) is 29.6 Å². The molecule has 0 spiro atoms. The van der Waals surface area contributed by atoms with Crippen LogP contribution in [-0.2, 0) is 4.79 Å². The van der Waals surface area contributed by atoms with Crippen LogP contribution in [0.2, 0.25) is 0 Å². The van der Waals surface area contributed by atoms with Crippen molar-refractivity contribution < 1.29 is 4.79 Å². The standard InChI is InChI=1S/C16H28N2O/c1-10-4-2-3-5-13(10)9-18-16(19)14-11-6-7-12(8-11)15(14)17/h10-15H,2-9,17H2,1H3,(H,18,19)/t10-,11+,12+,13-,14+,15-/m1/s1.